The summed E-state index contributed by atoms with van der Waals surface area (Å²) in [5.74, 6) is 0.108. The highest BCUT2D eigenvalue weighted by Crippen LogP contribution is 2.25. The number of nitrogens with zero attached hydrogens (tertiary/aromatic N) is 5. The predicted molar refractivity (Wildman–Crippen MR) is 193 cm³/mol. The topological polar surface area (TPSA) is 111 Å². The normalized spacial score (nSPS) is 11.2. The third kappa shape index (κ3) is 11.7. The molecule has 0 amide bonds. The Morgan fingerprint density at radius 3 is 1.96 bits per heavy atom. The number of unbranched alkanes of at least 4 members (excludes halogenated alkanes) is 4. The van der Waals surface area contributed by atoms with Crippen molar-refractivity contribution >= 4 is 34.8 Å². The summed E-state index contributed by atoms with van der Waals surface area (Å²) in [6.45, 7) is 11.5. The molecule has 49 heavy (non-hydrogen) atoms. The molecule has 10 heteroatoms. The highest BCUT2D eigenvalue weighted by atomic mass is 16.6. The average molecular weight is 660 g/mol. The molecular weight excluding hydrogens is 618 g/mol. The van der Waals surface area contributed by atoms with Crippen LogP contribution in [0.25, 0.3) is 22.0 Å². The molecule has 0 aliphatic heterocycles. The maximum Gasteiger partial charge on any atom is 0.336 e. The Morgan fingerprint density at radius 1 is 0.816 bits per heavy atom. The first kappa shape index (κ1) is 36.0. The van der Waals surface area contributed by atoms with Crippen LogP contribution in [-0.4, -0.2) is 37.7 Å². The Balaban J connectivity index is 1.12. The van der Waals surface area contributed by atoms with Gasteiger partial charge in [-0.15, -0.1) is 0 Å². The number of esters is 1. The van der Waals surface area contributed by atoms with Crippen molar-refractivity contribution in [1.82, 2.24) is 0 Å². The fourth-order valence-corrected chi connectivity index (χ4v) is 4.85. The number of non-ortho nitro benzene ring substituents is 1. The first-order valence-electron chi connectivity index (χ1n) is 16.4. The van der Waals surface area contributed by atoms with E-state index in [0.29, 0.717) is 24.4 Å². The number of nitro groups is 1. The van der Waals surface area contributed by atoms with E-state index in [1.165, 1.54) is 24.2 Å². The largest absolute Gasteiger partial charge is 0.494 e. The third-order valence-corrected chi connectivity index (χ3v) is 7.75. The molecule has 0 unspecified atom stereocenters. The summed E-state index contributed by atoms with van der Waals surface area (Å²) in [5, 5.41) is 19.0. The van der Waals surface area contributed by atoms with E-state index in [1.54, 1.807) is 30.3 Å². The van der Waals surface area contributed by atoms with Crippen molar-refractivity contribution in [2.75, 3.05) is 31.7 Å². The molecule has 0 aliphatic carbocycles. The fourth-order valence-electron chi connectivity index (χ4n) is 4.85. The number of hydrogen-bond donors (Lipinski definition) is 0. The van der Waals surface area contributed by atoms with Gasteiger partial charge in [0.25, 0.3) is 11.4 Å². The van der Waals surface area contributed by atoms with E-state index in [1.807, 2.05) is 36.4 Å². The zero-order chi connectivity index (χ0) is 34.8. The van der Waals surface area contributed by atoms with Crippen molar-refractivity contribution in [3.63, 3.8) is 0 Å². The molecule has 0 N–H and O–H groups in total. The molecule has 10 nitrogen and oxygen atoms in total. The summed E-state index contributed by atoms with van der Waals surface area (Å²) in [5.41, 5.74) is 5.25. The lowest BCUT2D eigenvalue weighted by Gasteiger charge is -2.19. The quantitative estimate of drug-likeness (QED) is 0.0200. The lowest BCUT2D eigenvalue weighted by Crippen LogP contribution is -2.17. The van der Waals surface area contributed by atoms with Gasteiger partial charge in [-0.25, -0.2) is 4.85 Å². The number of carbonyl (C=O) groups is 1. The highest BCUT2D eigenvalue weighted by Gasteiger charge is 2.12. The Labute approximate surface area is 287 Å². The van der Waals surface area contributed by atoms with E-state index in [9.17, 15) is 14.9 Å². The highest BCUT2D eigenvalue weighted by molar-refractivity contribution is 5.95. The molecule has 0 atom stereocenters. The zero-order valence-corrected chi connectivity index (χ0v) is 28.0. The van der Waals surface area contributed by atoms with Gasteiger partial charge in [-0.2, -0.15) is 10.2 Å². The van der Waals surface area contributed by atoms with E-state index in [0.717, 1.165) is 54.7 Å². The van der Waals surface area contributed by atoms with Crippen LogP contribution in [0.4, 0.5) is 22.7 Å². The van der Waals surface area contributed by atoms with Crippen LogP contribution < -0.4 is 9.64 Å². The van der Waals surface area contributed by atoms with Gasteiger partial charge in [0.05, 0.1) is 36.1 Å². The number of ether oxygens (including phenoxy) is 2. The molecule has 0 radical (unpaired) electrons. The Kier molecular flexibility index (Phi) is 14.0. The van der Waals surface area contributed by atoms with Gasteiger partial charge in [-0.1, -0.05) is 49.7 Å². The van der Waals surface area contributed by atoms with Gasteiger partial charge in [0.15, 0.2) is 0 Å². The second kappa shape index (κ2) is 19.1. The first-order chi connectivity index (χ1) is 23.9. The molecule has 0 saturated heterocycles. The van der Waals surface area contributed by atoms with Gasteiger partial charge in [0.2, 0.25) is 0 Å². The van der Waals surface area contributed by atoms with Gasteiger partial charge >= 0.3 is 5.97 Å². The number of nitro benzene ring substituents is 1. The second-order valence-electron chi connectivity index (χ2n) is 11.5. The molecule has 0 saturated carbocycles. The number of benzene rings is 4. The van der Waals surface area contributed by atoms with E-state index < -0.39 is 10.9 Å². The number of anilines is 1. The number of hydrogen-bond acceptors (Lipinski definition) is 8. The van der Waals surface area contributed by atoms with Crippen LogP contribution in [0.2, 0.25) is 0 Å². The standard InChI is InChI=1S/C39H41N5O5/c1-4-5-26-43(3)35-20-14-32(15-21-35)31-12-10-30(11-13-31)29-38(40-2)39(45)49-28-9-7-6-8-27-48-37-24-18-34(19-25-37)42-41-33-16-22-36(23-17-33)44(46)47/h10-25,29H,4-9,26-28H2,1,3H3. The van der Waals surface area contributed by atoms with Crippen LogP contribution in [0.5, 0.6) is 5.75 Å². The van der Waals surface area contributed by atoms with Crippen molar-refractivity contribution in [3.05, 3.63) is 130 Å². The fraction of sp³-hybridized carbons (Fsp3) is 0.282. The van der Waals surface area contributed by atoms with Crippen molar-refractivity contribution < 1.29 is 19.2 Å². The van der Waals surface area contributed by atoms with Crippen molar-refractivity contribution in [2.45, 2.75) is 45.4 Å². The molecule has 4 aromatic carbocycles. The molecule has 0 aromatic heterocycles. The van der Waals surface area contributed by atoms with E-state index in [-0.39, 0.29) is 18.0 Å². The minimum absolute atomic E-state index is 0.00384. The molecular formula is C39H41N5O5. The molecule has 0 fully saturated rings. The molecule has 0 heterocycles. The zero-order valence-electron chi connectivity index (χ0n) is 28.0. The first-order valence-corrected chi connectivity index (χ1v) is 16.4. The maximum absolute atomic E-state index is 12.5. The summed E-state index contributed by atoms with van der Waals surface area (Å²) >= 11 is 0. The van der Waals surface area contributed by atoms with E-state index in [4.69, 9.17) is 16.0 Å². The Hall–Kier alpha value is -5.82. The summed E-state index contributed by atoms with van der Waals surface area (Å²) in [6.07, 6.45) is 7.23. The predicted octanol–water partition coefficient (Wildman–Crippen LogP) is 10.4. The van der Waals surface area contributed by atoms with Crippen molar-refractivity contribution in [1.29, 1.82) is 0 Å². The van der Waals surface area contributed by atoms with Crippen molar-refractivity contribution in [3.8, 4) is 16.9 Å². The van der Waals surface area contributed by atoms with E-state index >= 15 is 0 Å². The van der Waals surface area contributed by atoms with Gasteiger partial charge in [0, 0.05) is 31.4 Å². The van der Waals surface area contributed by atoms with Crippen LogP contribution >= 0.6 is 0 Å². The summed E-state index contributed by atoms with van der Waals surface area (Å²) in [7, 11) is 2.11. The second-order valence-corrected chi connectivity index (χ2v) is 11.5. The van der Waals surface area contributed by atoms with Crippen molar-refractivity contribution in [2.24, 2.45) is 10.2 Å². The lowest BCUT2D eigenvalue weighted by molar-refractivity contribution is -0.384. The molecule has 0 bridgehead atoms. The summed E-state index contributed by atoms with van der Waals surface area (Å²) in [4.78, 5) is 28.5. The van der Waals surface area contributed by atoms with Crippen LogP contribution in [0, 0.1) is 16.7 Å². The lowest BCUT2D eigenvalue weighted by atomic mass is 10.0. The number of rotatable bonds is 18. The SMILES string of the molecule is [C-]#[N+]C(=Cc1ccc(-c2ccc(N(C)CCCC)cc2)cc1)C(=O)OCCCCCCOc1ccc(N=Nc2ccc([N+](=O)[O-])cc2)cc1. The van der Waals surface area contributed by atoms with Crippen LogP contribution in [-0.2, 0) is 9.53 Å². The minimum Gasteiger partial charge on any atom is -0.494 e. The number of carbonyl (C=O) groups excluding carboxylic acids is 1. The van der Waals surface area contributed by atoms with Crippen LogP contribution in [0.1, 0.15) is 51.0 Å². The third-order valence-electron chi connectivity index (χ3n) is 7.75. The molecule has 4 rings (SSSR count). The molecule has 252 valence electrons. The minimum atomic E-state index is -0.610. The average Bonchev–Trinajstić information content (AvgIpc) is 3.14. The smallest absolute Gasteiger partial charge is 0.336 e. The van der Waals surface area contributed by atoms with Gasteiger partial charge < -0.3 is 14.4 Å². The van der Waals surface area contributed by atoms with E-state index in [2.05, 4.69) is 58.2 Å². The molecule has 0 spiro atoms. The monoisotopic (exact) mass is 659 g/mol. The maximum atomic E-state index is 12.5. The summed E-state index contributed by atoms with van der Waals surface area (Å²) < 4.78 is 11.2. The summed E-state index contributed by atoms with van der Waals surface area (Å²) in [6, 6.07) is 29.3. The van der Waals surface area contributed by atoms with Crippen LogP contribution in [0.15, 0.2) is 113 Å². The number of azo groups is 1. The Morgan fingerprint density at radius 2 is 1.39 bits per heavy atom. The van der Waals surface area contributed by atoms with Gasteiger partial charge in [-0.05, 0) is 103 Å². The Bertz CT molecular complexity index is 1740. The molecule has 0 aliphatic rings. The van der Waals surface area contributed by atoms with Gasteiger partial charge in [-0.3, -0.25) is 14.9 Å². The van der Waals surface area contributed by atoms with Crippen LogP contribution in [0.3, 0.4) is 0 Å². The van der Waals surface area contributed by atoms with Gasteiger partial charge in [0.1, 0.15) is 5.75 Å². The molecule has 4 aromatic rings.